The number of anilines is 1. The molecule has 3 aliphatic rings. The number of amides is 1. The number of aromatic nitrogens is 2. The Morgan fingerprint density at radius 3 is 2.47 bits per heavy atom. The maximum absolute atomic E-state index is 14.0. The van der Waals surface area contributed by atoms with Crippen molar-refractivity contribution < 1.29 is 27.8 Å². The average Bonchev–Trinajstić information content (AvgIpc) is 3.74. The largest absolute Gasteiger partial charge is 0.492 e. The number of H-pyrrole nitrogens is 1. The number of carbonyl (C=O) groups is 1. The van der Waals surface area contributed by atoms with Gasteiger partial charge in [0.2, 0.25) is 0 Å². The molecule has 14 heteroatoms. The number of nitrogens with one attached hydrogen (secondary N) is 2. The molecule has 2 fully saturated rings. The summed E-state index contributed by atoms with van der Waals surface area (Å²) in [5, 5.41) is 28.7. The summed E-state index contributed by atoms with van der Waals surface area (Å²) in [4.78, 5) is 18.5. The third-order valence-corrected chi connectivity index (χ3v) is 14.3. The first-order chi connectivity index (χ1) is 29.6. The molecule has 2 heterocycles. The first-order valence-corrected chi connectivity index (χ1v) is 23.2. The van der Waals surface area contributed by atoms with Crippen LogP contribution in [0.3, 0.4) is 0 Å². The Kier molecular flexibility index (Phi) is 12.4. The summed E-state index contributed by atoms with van der Waals surface area (Å²) >= 11 is 6.25. The number of ether oxygens (including phenoxy) is 2. The van der Waals surface area contributed by atoms with E-state index in [0.717, 1.165) is 81.1 Å². The Labute approximate surface area is 368 Å². The molecule has 1 saturated heterocycles. The molecule has 2 aliphatic carbocycles. The van der Waals surface area contributed by atoms with Crippen LogP contribution in [-0.4, -0.2) is 79.5 Å². The van der Waals surface area contributed by atoms with Crippen molar-refractivity contribution in [3.05, 3.63) is 112 Å². The molecule has 1 amide bonds. The number of nitrogens with zero attached hydrogens (tertiary/aromatic N) is 4. The van der Waals surface area contributed by atoms with Crippen LogP contribution in [0.5, 0.6) is 17.2 Å². The quantitative estimate of drug-likeness (QED) is 0.110. The summed E-state index contributed by atoms with van der Waals surface area (Å²) in [7, 11) is -4.43. The van der Waals surface area contributed by atoms with Crippen molar-refractivity contribution >= 4 is 49.7 Å². The molecule has 0 spiro atoms. The minimum Gasteiger partial charge on any atom is -0.492 e. The molecule has 0 bridgehead atoms. The fraction of sp³-hybridized carbons (Fsp3) is 0.396. The molecule has 0 radical (unpaired) electrons. The van der Waals surface area contributed by atoms with E-state index in [0.29, 0.717) is 30.6 Å². The van der Waals surface area contributed by atoms with Crippen molar-refractivity contribution in [1.82, 2.24) is 19.8 Å². The molecule has 1 saturated carbocycles. The normalized spacial score (nSPS) is 20.8. The molecule has 1 aromatic heterocycles. The Bertz CT molecular complexity index is 2630. The van der Waals surface area contributed by atoms with E-state index >= 15 is 0 Å². The van der Waals surface area contributed by atoms with Gasteiger partial charge in [0.25, 0.3) is 15.9 Å². The lowest BCUT2D eigenvalue weighted by atomic mass is 9.72. The second-order valence-electron chi connectivity index (χ2n) is 18.0. The second kappa shape index (κ2) is 17.8. The number of rotatable bonds is 12. The van der Waals surface area contributed by atoms with Crippen molar-refractivity contribution in [1.29, 1.82) is 5.26 Å². The number of aromatic amines is 1. The smallest absolute Gasteiger partial charge is 0.268 e. The van der Waals surface area contributed by atoms with Crippen LogP contribution in [0.25, 0.3) is 16.5 Å². The van der Waals surface area contributed by atoms with Gasteiger partial charge >= 0.3 is 0 Å². The topological polar surface area (TPSA) is 161 Å². The number of nitriles is 1. The van der Waals surface area contributed by atoms with Crippen molar-refractivity contribution in [3.63, 3.8) is 0 Å². The van der Waals surface area contributed by atoms with Gasteiger partial charge in [0.05, 0.1) is 45.3 Å². The highest BCUT2D eigenvalue weighted by atomic mass is 35.5. The molecule has 12 nitrogen and oxygen atoms in total. The molecule has 62 heavy (non-hydrogen) atoms. The third kappa shape index (κ3) is 9.95. The van der Waals surface area contributed by atoms with Crippen LogP contribution in [0.1, 0.15) is 87.2 Å². The van der Waals surface area contributed by atoms with Crippen LogP contribution in [0.15, 0.2) is 95.5 Å². The first-order valence-electron chi connectivity index (χ1n) is 21.3. The molecule has 8 rings (SSSR count). The van der Waals surface area contributed by atoms with Crippen LogP contribution in [0, 0.1) is 22.7 Å². The molecule has 0 atom stereocenters. The van der Waals surface area contributed by atoms with Crippen LogP contribution in [-0.2, 0) is 10.0 Å². The maximum atomic E-state index is 14.0. The van der Waals surface area contributed by atoms with Crippen molar-refractivity contribution in [2.24, 2.45) is 11.3 Å². The monoisotopic (exact) mass is 876 g/mol. The van der Waals surface area contributed by atoms with Crippen LogP contribution < -0.4 is 19.1 Å². The van der Waals surface area contributed by atoms with Gasteiger partial charge in [-0.15, -0.1) is 0 Å². The van der Waals surface area contributed by atoms with E-state index in [1.807, 2.05) is 43.3 Å². The number of aliphatic hydroxyl groups is 1. The zero-order valence-corrected chi connectivity index (χ0v) is 37.0. The number of fused-ring (bicyclic) bond motifs is 1. The Hall–Kier alpha value is -5.39. The maximum Gasteiger partial charge on any atom is 0.268 e. The fourth-order valence-corrected chi connectivity index (χ4v) is 9.94. The highest BCUT2D eigenvalue weighted by molar-refractivity contribution is 7.90. The molecule has 3 N–H and O–H groups in total. The summed E-state index contributed by atoms with van der Waals surface area (Å²) in [6, 6.07) is 24.8. The van der Waals surface area contributed by atoms with Crippen LogP contribution in [0.4, 0.5) is 5.69 Å². The highest BCUT2D eigenvalue weighted by Crippen LogP contribution is 2.44. The lowest BCUT2D eigenvalue weighted by Gasteiger charge is -2.39. The van der Waals surface area contributed by atoms with Gasteiger partial charge in [-0.25, -0.2) is 13.1 Å². The standard InChI is InChI=1S/C48H53ClN6O6S/c1-47(2)18-17-34(40(27-47)33-7-9-36(49)10-8-33)30-54-21-23-55(24-22-54)37-11-13-39(45(26-37)61-44-6-4-5-42-41(44)29-51-52-42)46(56)53-62(58,59)38-12-14-43(35(25-38)28-50)60-31-32-15-19-48(3,57)20-16-32/h4-14,25-26,29,32,57H,15-24,27,30-31H2,1-3H3,(H,51,52)(H,53,56). The van der Waals surface area contributed by atoms with Gasteiger partial charge in [0.1, 0.15) is 23.3 Å². The number of halogens is 1. The van der Waals surface area contributed by atoms with Crippen molar-refractivity contribution in [2.45, 2.75) is 76.2 Å². The summed E-state index contributed by atoms with van der Waals surface area (Å²) in [5.74, 6) is 0.212. The Balaban J connectivity index is 0.991. The number of hydrogen-bond donors (Lipinski definition) is 3. The minimum absolute atomic E-state index is 0.0188. The number of hydrogen-bond acceptors (Lipinski definition) is 10. The van der Waals surface area contributed by atoms with Crippen LogP contribution >= 0.6 is 11.6 Å². The number of sulfonamides is 1. The molecular weight excluding hydrogens is 824 g/mol. The van der Waals surface area contributed by atoms with E-state index in [4.69, 9.17) is 21.1 Å². The molecule has 4 aromatic carbocycles. The van der Waals surface area contributed by atoms with Gasteiger partial charge in [0.15, 0.2) is 0 Å². The Morgan fingerprint density at radius 2 is 1.73 bits per heavy atom. The van der Waals surface area contributed by atoms with Gasteiger partial charge in [-0.05, 0) is 129 Å². The van der Waals surface area contributed by atoms with Gasteiger partial charge in [-0.1, -0.05) is 49.2 Å². The molecule has 1 aliphatic heterocycles. The van der Waals surface area contributed by atoms with Gasteiger partial charge in [0, 0.05) is 49.5 Å². The first kappa shape index (κ1) is 43.3. The van der Waals surface area contributed by atoms with E-state index in [1.54, 1.807) is 24.4 Å². The zero-order valence-electron chi connectivity index (χ0n) is 35.4. The minimum atomic E-state index is -4.43. The number of allylic oxidation sites excluding steroid dienone is 1. The van der Waals surface area contributed by atoms with Crippen molar-refractivity contribution in [2.75, 3.05) is 44.2 Å². The molecule has 5 aromatic rings. The SMILES string of the molecule is CC1(C)CCC(CN2CCN(c3ccc(C(=O)NS(=O)(=O)c4ccc(OCC5CCC(C)(O)CC5)c(C#N)c4)c(Oc4cccc5[nH]ncc45)c3)CC2)=C(c2ccc(Cl)cc2)C1. The molecular formula is C48H53ClN6O6S. The second-order valence-corrected chi connectivity index (χ2v) is 20.1. The van der Waals surface area contributed by atoms with E-state index in [9.17, 15) is 23.6 Å². The van der Waals surface area contributed by atoms with E-state index in [-0.39, 0.29) is 38.9 Å². The van der Waals surface area contributed by atoms with Gasteiger partial charge in [-0.3, -0.25) is 14.8 Å². The predicted molar refractivity (Wildman–Crippen MR) is 241 cm³/mol. The van der Waals surface area contributed by atoms with Crippen LogP contribution in [0.2, 0.25) is 5.02 Å². The average molecular weight is 878 g/mol. The lowest BCUT2D eigenvalue weighted by molar-refractivity contribution is 0.00150. The summed E-state index contributed by atoms with van der Waals surface area (Å²) in [5.41, 5.74) is 5.33. The van der Waals surface area contributed by atoms with E-state index in [2.05, 4.69) is 50.7 Å². The molecule has 324 valence electrons. The summed E-state index contributed by atoms with van der Waals surface area (Å²) in [6.07, 6.45) is 7.78. The predicted octanol–water partition coefficient (Wildman–Crippen LogP) is 9.10. The Morgan fingerprint density at radius 1 is 0.968 bits per heavy atom. The number of piperazine rings is 1. The highest BCUT2D eigenvalue weighted by Gasteiger charge is 2.31. The van der Waals surface area contributed by atoms with Gasteiger partial charge < -0.3 is 19.5 Å². The molecule has 0 unspecified atom stereocenters. The summed E-state index contributed by atoms with van der Waals surface area (Å²) < 4.78 is 42.1. The van der Waals surface area contributed by atoms with E-state index < -0.39 is 21.5 Å². The fourth-order valence-electron chi connectivity index (χ4n) is 8.83. The number of benzene rings is 4. The van der Waals surface area contributed by atoms with E-state index in [1.165, 1.54) is 34.9 Å². The third-order valence-electron chi connectivity index (χ3n) is 12.7. The lowest BCUT2D eigenvalue weighted by Crippen LogP contribution is -2.47. The van der Waals surface area contributed by atoms with Crippen molar-refractivity contribution in [3.8, 4) is 23.3 Å². The summed E-state index contributed by atoms with van der Waals surface area (Å²) in [6.45, 7) is 10.9. The van der Waals surface area contributed by atoms with Gasteiger partial charge in [-0.2, -0.15) is 10.4 Å². The number of carbonyl (C=O) groups excluding carboxylic acids is 1. The zero-order chi connectivity index (χ0) is 43.6.